The van der Waals surface area contributed by atoms with E-state index in [1.807, 2.05) is 49.4 Å². The topological polar surface area (TPSA) is 193 Å². The summed E-state index contributed by atoms with van der Waals surface area (Å²) in [4.78, 5) is 47.5. The Morgan fingerprint density at radius 3 is 2.29 bits per heavy atom. The molecule has 0 radical (unpaired) electrons. The standard InChI is InChI=1S/C41H52N10O4/c1-26-22-36(40(53)44-33-14-16-34(17-15-33)51-18-20-55-21-19-51)43-25-35(26)29-6-2-27(3-7-29)23-37(46-39(52)31-8-4-28(24-42)5-9-31)41(54)45-32-12-10-30(11-13-32)38-47-49-50-48-38/h2-3,6-7,10-13,22,25,28,31,33-34,37H,4-5,8-9,14-21,23-24,42H2,1H3,(H,44,53)(H,45,54)(H,46,52)(H,47,48,49,50)/t28?,31?,33-,34-,37-/m0/s1. The van der Waals surface area contributed by atoms with Crippen molar-refractivity contribution in [3.05, 3.63) is 77.6 Å². The Bertz CT molecular complexity index is 1880. The monoisotopic (exact) mass is 748 g/mol. The number of rotatable bonds is 12. The number of nitrogens with zero attached hydrogens (tertiary/aromatic N) is 5. The van der Waals surface area contributed by atoms with Crippen LogP contribution >= 0.6 is 0 Å². The van der Waals surface area contributed by atoms with Crippen LogP contribution in [0.3, 0.4) is 0 Å². The lowest BCUT2D eigenvalue weighted by Crippen LogP contribution is -2.48. The van der Waals surface area contributed by atoms with E-state index in [4.69, 9.17) is 10.5 Å². The Morgan fingerprint density at radius 2 is 1.64 bits per heavy atom. The van der Waals surface area contributed by atoms with Gasteiger partial charge in [-0.1, -0.05) is 24.3 Å². The number of amides is 3. The van der Waals surface area contributed by atoms with Crippen LogP contribution in [0.4, 0.5) is 5.69 Å². The number of ether oxygens (including phenoxy) is 1. The normalized spacial score (nSPS) is 22.4. The highest BCUT2D eigenvalue weighted by atomic mass is 16.5. The molecule has 290 valence electrons. The number of hydrogen-bond donors (Lipinski definition) is 5. The number of nitrogens with one attached hydrogen (secondary N) is 4. The summed E-state index contributed by atoms with van der Waals surface area (Å²) >= 11 is 0. The molecule has 4 aromatic rings. The molecule has 2 saturated carbocycles. The van der Waals surface area contributed by atoms with Gasteiger partial charge in [-0.05, 0) is 128 Å². The number of pyridine rings is 1. The third kappa shape index (κ3) is 9.80. The van der Waals surface area contributed by atoms with Crippen molar-refractivity contribution >= 4 is 23.4 Å². The van der Waals surface area contributed by atoms with E-state index in [1.165, 1.54) is 0 Å². The molecule has 7 rings (SSSR count). The SMILES string of the molecule is Cc1cc(C(=O)N[C@H]2CC[C@H](N3CCOCC3)CC2)ncc1-c1ccc(C[C@H](NC(=O)C2CCC(CN)CC2)C(=O)Nc2ccc(-c3nnn[nH]3)cc2)cc1. The first-order valence-electron chi connectivity index (χ1n) is 19.7. The predicted octanol–water partition coefficient (Wildman–Crippen LogP) is 4.04. The first-order chi connectivity index (χ1) is 26.8. The van der Waals surface area contributed by atoms with Gasteiger partial charge in [0, 0.05) is 60.5 Å². The molecule has 0 unspecified atom stereocenters. The lowest BCUT2D eigenvalue weighted by molar-refractivity contribution is -0.130. The lowest BCUT2D eigenvalue weighted by atomic mass is 9.81. The molecule has 3 amide bonds. The molecule has 3 aliphatic rings. The van der Waals surface area contributed by atoms with E-state index in [1.54, 1.807) is 18.3 Å². The molecule has 2 aromatic carbocycles. The van der Waals surface area contributed by atoms with E-state index < -0.39 is 6.04 Å². The van der Waals surface area contributed by atoms with Gasteiger partial charge in [0.1, 0.15) is 11.7 Å². The van der Waals surface area contributed by atoms with Crippen LogP contribution in [-0.4, -0.2) is 99.2 Å². The number of carbonyl (C=O) groups excluding carboxylic acids is 3. The number of aromatic nitrogens is 5. The summed E-state index contributed by atoms with van der Waals surface area (Å²) in [5.41, 5.74) is 11.4. The van der Waals surface area contributed by atoms with E-state index in [-0.39, 0.29) is 29.7 Å². The van der Waals surface area contributed by atoms with Gasteiger partial charge in [-0.25, -0.2) is 5.10 Å². The van der Waals surface area contributed by atoms with Gasteiger partial charge in [-0.3, -0.25) is 24.3 Å². The number of anilines is 1. The second-order valence-electron chi connectivity index (χ2n) is 15.2. The molecule has 0 bridgehead atoms. The van der Waals surface area contributed by atoms with Gasteiger partial charge in [0.05, 0.1) is 13.2 Å². The maximum Gasteiger partial charge on any atom is 0.270 e. The summed E-state index contributed by atoms with van der Waals surface area (Å²) in [6, 6.07) is 16.9. The van der Waals surface area contributed by atoms with Crippen molar-refractivity contribution in [3.63, 3.8) is 0 Å². The van der Waals surface area contributed by atoms with Crippen LogP contribution in [0.25, 0.3) is 22.5 Å². The molecule has 14 nitrogen and oxygen atoms in total. The highest BCUT2D eigenvalue weighted by molar-refractivity contribution is 5.98. The summed E-state index contributed by atoms with van der Waals surface area (Å²) in [6.07, 6.45) is 9.52. The fourth-order valence-electron chi connectivity index (χ4n) is 8.21. The van der Waals surface area contributed by atoms with Gasteiger partial charge >= 0.3 is 0 Å². The van der Waals surface area contributed by atoms with Crippen LogP contribution < -0.4 is 21.7 Å². The van der Waals surface area contributed by atoms with Gasteiger partial charge in [0.15, 0.2) is 5.82 Å². The Kier molecular flexibility index (Phi) is 12.6. The van der Waals surface area contributed by atoms with Crippen LogP contribution in [0.5, 0.6) is 0 Å². The fraction of sp³-hybridized carbons (Fsp3) is 0.488. The van der Waals surface area contributed by atoms with Crippen molar-refractivity contribution in [2.45, 2.75) is 82.8 Å². The first-order valence-corrected chi connectivity index (χ1v) is 19.7. The molecule has 3 fully saturated rings. The third-order valence-electron chi connectivity index (χ3n) is 11.6. The number of morpholine rings is 1. The molecule has 0 spiro atoms. The zero-order valence-corrected chi connectivity index (χ0v) is 31.5. The van der Waals surface area contributed by atoms with E-state index in [0.717, 1.165) is 105 Å². The number of H-pyrrole nitrogens is 1. The number of nitrogens with two attached hydrogens (primary N) is 1. The van der Waals surface area contributed by atoms with Gasteiger partial charge < -0.3 is 26.4 Å². The Balaban J connectivity index is 0.980. The summed E-state index contributed by atoms with van der Waals surface area (Å²) in [5.74, 6) is 0.275. The van der Waals surface area contributed by atoms with Crippen LogP contribution in [-0.2, 0) is 20.7 Å². The highest BCUT2D eigenvalue weighted by Gasteiger charge is 2.30. The second-order valence-corrected chi connectivity index (χ2v) is 15.2. The minimum atomic E-state index is -0.792. The first kappa shape index (κ1) is 38.2. The van der Waals surface area contributed by atoms with E-state index in [0.29, 0.717) is 42.1 Å². The molecular formula is C41H52N10O4. The van der Waals surface area contributed by atoms with Crippen molar-refractivity contribution in [2.75, 3.05) is 38.2 Å². The molecule has 1 atom stereocenters. The second kappa shape index (κ2) is 18.1. The van der Waals surface area contributed by atoms with Crippen molar-refractivity contribution in [2.24, 2.45) is 17.6 Å². The van der Waals surface area contributed by atoms with Gasteiger partial charge in [-0.15, -0.1) is 5.10 Å². The van der Waals surface area contributed by atoms with Gasteiger partial charge in [-0.2, -0.15) is 0 Å². The van der Waals surface area contributed by atoms with E-state index in [9.17, 15) is 14.4 Å². The van der Waals surface area contributed by atoms with Crippen LogP contribution in [0.2, 0.25) is 0 Å². The van der Waals surface area contributed by atoms with Crippen molar-refractivity contribution in [1.29, 1.82) is 0 Å². The zero-order valence-electron chi connectivity index (χ0n) is 31.5. The van der Waals surface area contributed by atoms with Crippen LogP contribution in [0.15, 0.2) is 60.8 Å². The Labute approximate surface area is 321 Å². The molecule has 1 saturated heterocycles. The lowest BCUT2D eigenvalue weighted by Gasteiger charge is -2.38. The minimum Gasteiger partial charge on any atom is -0.379 e. The maximum atomic E-state index is 13.7. The average Bonchev–Trinajstić information content (AvgIpc) is 3.77. The summed E-state index contributed by atoms with van der Waals surface area (Å²) in [5, 5.41) is 23.2. The quantitative estimate of drug-likeness (QED) is 0.141. The minimum absolute atomic E-state index is 0.105. The molecule has 6 N–H and O–H groups in total. The van der Waals surface area contributed by atoms with Crippen LogP contribution in [0.1, 0.15) is 73.0 Å². The number of aryl methyl sites for hydroxylation is 1. The van der Waals surface area contributed by atoms with E-state index in [2.05, 4.69) is 46.5 Å². The average molecular weight is 749 g/mol. The molecule has 1 aliphatic heterocycles. The molecule has 3 heterocycles. The smallest absolute Gasteiger partial charge is 0.270 e. The van der Waals surface area contributed by atoms with Crippen LogP contribution in [0, 0.1) is 18.8 Å². The van der Waals surface area contributed by atoms with E-state index >= 15 is 0 Å². The van der Waals surface area contributed by atoms with Crippen molar-refractivity contribution in [3.8, 4) is 22.5 Å². The number of tetrazole rings is 1. The number of hydrogen-bond acceptors (Lipinski definition) is 10. The third-order valence-corrected chi connectivity index (χ3v) is 11.6. The summed E-state index contributed by atoms with van der Waals surface area (Å²) in [6.45, 7) is 6.22. The Morgan fingerprint density at radius 1 is 0.927 bits per heavy atom. The molecule has 55 heavy (non-hydrogen) atoms. The summed E-state index contributed by atoms with van der Waals surface area (Å²) in [7, 11) is 0. The predicted molar refractivity (Wildman–Crippen MR) is 209 cm³/mol. The molecule has 2 aliphatic carbocycles. The molecule has 2 aromatic heterocycles. The van der Waals surface area contributed by atoms with Crippen molar-refractivity contribution in [1.82, 2.24) is 41.1 Å². The molecule has 14 heteroatoms. The van der Waals surface area contributed by atoms with Gasteiger partial charge in [0.25, 0.3) is 5.91 Å². The molecular weight excluding hydrogens is 697 g/mol. The fourth-order valence-corrected chi connectivity index (χ4v) is 8.21. The largest absolute Gasteiger partial charge is 0.379 e. The number of benzene rings is 2. The number of aromatic amines is 1. The maximum absolute atomic E-state index is 13.7. The van der Waals surface area contributed by atoms with Crippen molar-refractivity contribution < 1.29 is 19.1 Å². The van der Waals surface area contributed by atoms with Gasteiger partial charge in [0.2, 0.25) is 11.8 Å². The zero-order chi connectivity index (χ0) is 38.1. The Hall–Kier alpha value is -5.05. The highest BCUT2D eigenvalue weighted by Crippen LogP contribution is 2.29. The summed E-state index contributed by atoms with van der Waals surface area (Å²) < 4.78 is 5.51. The number of carbonyl (C=O) groups is 3.